The summed E-state index contributed by atoms with van der Waals surface area (Å²) < 4.78 is 5.90. The molecule has 0 aliphatic carbocycles. The van der Waals surface area contributed by atoms with Gasteiger partial charge < -0.3 is 20.3 Å². The van der Waals surface area contributed by atoms with Crippen LogP contribution in [0.25, 0.3) is 0 Å². The zero-order chi connectivity index (χ0) is 18.6. The Balaban J connectivity index is 0.00000364. The second kappa shape index (κ2) is 13.3. The SMILES string of the molecule is CN=C(NCCc1ccccn1)NCc1ccccc1OCCN(C)C.I. The van der Waals surface area contributed by atoms with Crippen molar-refractivity contribution >= 4 is 29.9 Å². The van der Waals surface area contributed by atoms with Crippen molar-refractivity contribution in [3.8, 4) is 5.75 Å². The molecule has 0 aliphatic heterocycles. The summed E-state index contributed by atoms with van der Waals surface area (Å²) >= 11 is 0. The van der Waals surface area contributed by atoms with Crippen LogP contribution in [0.4, 0.5) is 0 Å². The number of para-hydroxylation sites is 1. The van der Waals surface area contributed by atoms with Gasteiger partial charge in [-0.15, -0.1) is 24.0 Å². The van der Waals surface area contributed by atoms with E-state index in [0.29, 0.717) is 13.2 Å². The van der Waals surface area contributed by atoms with Crippen molar-refractivity contribution in [3.05, 3.63) is 59.9 Å². The minimum Gasteiger partial charge on any atom is -0.492 e. The molecule has 1 aromatic carbocycles. The van der Waals surface area contributed by atoms with Crippen LogP contribution in [0.5, 0.6) is 5.75 Å². The molecular weight excluding hydrogens is 453 g/mol. The molecule has 1 heterocycles. The number of halogens is 1. The lowest BCUT2D eigenvalue weighted by molar-refractivity contribution is 0.259. The fourth-order valence-electron chi connectivity index (χ4n) is 2.38. The number of ether oxygens (including phenoxy) is 1. The number of aliphatic imine (C=N–C) groups is 1. The van der Waals surface area contributed by atoms with Crippen molar-refractivity contribution in [2.75, 3.05) is 40.8 Å². The van der Waals surface area contributed by atoms with Crippen LogP contribution in [0.15, 0.2) is 53.7 Å². The van der Waals surface area contributed by atoms with Crippen LogP contribution in [0.2, 0.25) is 0 Å². The molecule has 0 atom stereocenters. The fourth-order valence-corrected chi connectivity index (χ4v) is 2.38. The molecule has 0 radical (unpaired) electrons. The average molecular weight is 483 g/mol. The number of nitrogens with one attached hydrogen (secondary N) is 2. The summed E-state index contributed by atoms with van der Waals surface area (Å²) in [6.07, 6.45) is 2.67. The molecule has 2 rings (SSSR count). The third-order valence-corrected chi connectivity index (χ3v) is 3.84. The monoisotopic (exact) mass is 483 g/mol. The van der Waals surface area contributed by atoms with E-state index in [1.165, 1.54) is 0 Å². The Bertz CT molecular complexity index is 679. The maximum atomic E-state index is 5.90. The molecule has 0 unspecified atom stereocenters. The molecule has 0 fully saturated rings. The highest BCUT2D eigenvalue weighted by molar-refractivity contribution is 14.0. The molecule has 6 nitrogen and oxygen atoms in total. The Morgan fingerprint density at radius 3 is 2.59 bits per heavy atom. The lowest BCUT2D eigenvalue weighted by atomic mass is 10.2. The van der Waals surface area contributed by atoms with Crippen LogP contribution in [-0.2, 0) is 13.0 Å². The van der Waals surface area contributed by atoms with Gasteiger partial charge in [0.2, 0.25) is 0 Å². The molecule has 0 saturated carbocycles. The summed E-state index contributed by atoms with van der Waals surface area (Å²) in [5.74, 6) is 1.68. The average Bonchev–Trinajstić information content (AvgIpc) is 2.66. The maximum absolute atomic E-state index is 5.90. The fraction of sp³-hybridized carbons (Fsp3) is 0.400. The van der Waals surface area contributed by atoms with Crippen LogP contribution in [0, 0.1) is 0 Å². The number of aromatic nitrogens is 1. The number of hydrogen-bond acceptors (Lipinski definition) is 4. The number of likely N-dealkylation sites (N-methyl/N-ethyl adjacent to an activating group) is 1. The van der Waals surface area contributed by atoms with E-state index in [1.54, 1.807) is 7.05 Å². The lowest BCUT2D eigenvalue weighted by Crippen LogP contribution is -2.38. The van der Waals surface area contributed by atoms with Gasteiger partial charge in [0.25, 0.3) is 0 Å². The summed E-state index contributed by atoms with van der Waals surface area (Å²) in [4.78, 5) is 10.7. The van der Waals surface area contributed by atoms with Gasteiger partial charge in [-0.3, -0.25) is 9.98 Å². The minimum absolute atomic E-state index is 0. The van der Waals surface area contributed by atoms with Gasteiger partial charge in [0.1, 0.15) is 12.4 Å². The van der Waals surface area contributed by atoms with E-state index in [1.807, 2.05) is 56.7 Å². The largest absolute Gasteiger partial charge is 0.492 e. The zero-order valence-electron chi connectivity index (χ0n) is 16.3. The smallest absolute Gasteiger partial charge is 0.191 e. The van der Waals surface area contributed by atoms with Crippen LogP contribution in [-0.4, -0.2) is 56.7 Å². The first-order valence-corrected chi connectivity index (χ1v) is 8.89. The first-order valence-electron chi connectivity index (χ1n) is 8.89. The molecule has 0 saturated heterocycles. The Kier molecular flexibility index (Phi) is 11.4. The highest BCUT2D eigenvalue weighted by Crippen LogP contribution is 2.17. The van der Waals surface area contributed by atoms with Gasteiger partial charge in [-0.2, -0.15) is 0 Å². The normalized spacial score (nSPS) is 11.0. The summed E-state index contributed by atoms with van der Waals surface area (Å²) in [5, 5.41) is 6.66. The van der Waals surface area contributed by atoms with Crippen LogP contribution >= 0.6 is 24.0 Å². The Labute approximate surface area is 179 Å². The molecule has 2 aromatic rings. The maximum Gasteiger partial charge on any atom is 0.191 e. The first-order chi connectivity index (χ1) is 12.7. The number of pyridine rings is 1. The van der Waals surface area contributed by atoms with E-state index in [0.717, 1.165) is 42.5 Å². The van der Waals surface area contributed by atoms with Crippen molar-refractivity contribution in [2.24, 2.45) is 4.99 Å². The molecule has 1 aromatic heterocycles. The Hall–Kier alpha value is -1.87. The van der Waals surface area contributed by atoms with E-state index in [-0.39, 0.29) is 24.0 Å². The number of rotatable bonds is 9. The van der Waals surface area contributed by atoms with E-state index in [9.17, 15) is 0 Å². The van der Waals surface area contributed by atoms with Gasteiger partial charge in [0, 0.05) is 50.6 Å². The number of guanidine groups is 1. The quantitative estimate of drug-likeness (QED) is 0.326. The zero-order valence-corrected chi connectivity index (χ0v) is 18.6. The molecule has 0 amide bonds. The van der Waals surface area contributed by atoms with Crippen molar-refractivity contribution in [1.82, 2.24) is 20.5 Å². The predicted molar refractivity (Wildman–Crippen MR) is 122 cm³/mol. The van der Waals surface area contributed by atoms with E-state index < -0.39 is 0 Å². The van der Waals surface area contributed by atoms with Gasteiger partial charge in [0.15, 0.2) is 5.96 Å². The third kappa shape index (κ3) is 9.05. The molecule has 7 heteroatoms. The van der Waals surface area contributed by atoms with Gasteiger partial charge in [0.05, 0.1) is 0 Å². The number of hydrogen-bond donors (Lipinski definition) is 2. The van der Waals surface area contributed by atoms with E-state index in [2.05, 4.69) is 31.6 Å². The number of nitrogens with zero attached hydrogens (tertiary/aromatic N) is 3. The van der Waals surface area contributed by atoms with Crippen LogP contribution in [0.1, 0.15) is 11.3 Å². The second-order valence-electron chi connectivity index (χ2n) is 6.18. The van der Waals surface area contributed by atoms with Gasteiger partial charge in [-0.1, -0.05) is 24.3 Å². The van der Waals surface area contributed by atoms with Gasteiger partial charge >= 0.3 is 0 Å². The van der Waals surface area contributed by atoms with Crippen LogP contribution in [0.3, 0.4) is 0 Å². The van der Waals surface area contributed by atoms with Crippen molar-refractivity contribution in [2.45, 2.75) is 13.0 Å². The lowest BCUT2D eigenvalue weighted by Gasteiger charge is -2.16. The minimum atomic E-state index is 0. The van der Waals surface area contributed by atoms with E-state index in [4.69, 9.17) is 4.74 Å². The molecule has 0 bridgehead atoms. The summed E-state index contributed by atoms with van der Waals surface area (Å²) in [5.41, 5.74) is 2.18. The standard InChI is InChI=1S/C20H29N5O.HI/c1-21-20(23-13-11-18-9-6-7-12-22-18)24-16-17-8-4-5-10-19(17)26-15-14-25(2)3;/h4-10,12H,11,13-16H2,1-3H3,(H2,21,23,24);1H. The molecule has 148 valence electrons. The highest BCUT2D eigenvalue weighted by Gasteiger charge is 2.05. The van der Waals surface area contributed by atoms with Crippen molar-refractivity contribution in [1.29, 1.82) is 0 Å². The van der Waals surface area contributed by atoms with Gasteiger partial charge in [-0.25, -0.2) is 0 Å². The van der Waals surface area contributed by atoms with Crippen molar-refractivity contribution in [3.63, 3.8) is 0 Å². The topological polar surface area (TPSA) is 61.8 Å². The van der Waals surface area contributed by atoms with Crippen molar-refractivity contribution < 1.29 is 4.74 Å². The second-order valence-corrected chi connectivity index (χ2v) is 6.18. The van der Waals surface area contributed by atoms with Gasteiger partial charge in [-0.05, 0) is 32.3 Å². The Morgan fingerprint density at radius 1 is 1.11 bits per heavy atom. The third-order valence-electron chi connectivity index (χ3n) is 3.84. The molecule has 0 aliphatic rings. The number of benzene rings is 1. The highest BCUT2D eigenvalue weighted by atomic mass is 127. The molecule has 0 spiro atoms. The summed E-state index contributed by atoms with van der Waals surface area (Å²) in [7, 11) is 5.85. The predicted octanol–water partition coefficient (Wildman–Crippen LogP) is 2.55. The summed E-state index contributed by atoms with van der Waals surface area (Å²) in [6, 6.07) is 14.0. The van der Waals surface area contributed by atoms with Crippen LogP contribution < -0.4 is 15.4 Å². The first kappa shape index (κ1) is 23.2. The Morgan fingerprint density at radius 2 is 1.89 bits per heavy atom. The van der Waals surface area contributed by atoms with E-state index >= 15 is 0 Å². The summed E-state index contributed by atoms with van der Waals surface area (Å²) in [6.45, 7) is 2.98. The molecular formula is C20H30IN5O. The molecule has 2 N–H and O–H groups in total. The molecule has 27 heavy (non-hydrogen) atoms.